The fourth-order valence-electron chi connectivity index (χ4n) is 0.871. The molecule has 1 heterocycles. The second-order valence-electron chi connectivity index (χ2n) is 2.01. The summed E-state index contributed by atoms with van der Waals surface area (Å²) in [4.78, 5) is 2.31. The van der Waals surface area contributed by atoms with E-state index in [1.165, 1.54) is 0 Å². The van der Waals surface area contributed by atoms with Crippen molar-refractivity contribution in [2.24, 2.45) is 0 Å². The molecule has 0 amide bonds. The van der Waals surface area contributed by atoms with E-state index in [4.69, 9.17) is 0 Å². The van der Waals surface area contributed by atoms with Gasteiger partial charge in [-0.3, -0.25) is 4.90 Å². The van der Waals surface area contributed by atoms with Crippen LogP contribution in [0.5, 0.6) is 0 Å². The van der Waals surface area contributed by atoms with Gasteiger partial charge in [-0.25, -0.2) is 0 Å². The lowest BCUT2D eigenvalue weighted by Gasteiger charge is -2.32. The monoisotopic (exact) mass is 112 g/mol. The molecule has 0 radical (unpaired) electrons. The lowest BCUT2D eigenvalue weighted by Crippen LogP contribution is -2.33. The van der Waals surface area contributed by atoms with Gasteiger partial charge in [-0.15, -0.1) is 13.1 Å². The molecule has 0 saturated carbocycles. The molecule has 0 unspecified atom stereocenters. The molecule has 1 rings (SSSR count). The Morgan fingerprint density at radius 3 is 2.38 bits per heavy atom. The van der Waals surface area contributed by atoms with Crippen molar-refractivity contribution in [3.8, 4) is 0 Å². The molecule has 46 valence electrons. The highest BCUT2D eigenvalue weighted by atomic mass is 15.2. The zero-order valence-corrected chi connectivity index (χ0v) is 5.14. The first-order valence-corrected chi connectivity index (χ1v) is 3.08. The number of piperazine rings is 1. The molecule has 0 spiro atoms. The summed E-state index contributed by atoms with van der Waals surface area (Å²) in [6.07, 6.45) is 0. The third kappa shape index (κ3) is 1.39. The zero-order chi connectivity index (χ0) is 5.82. The SMILES string of the molecule is [CH2+]CN1CC[N-]CC1. The van der Waals surface area contributed by atoms with Gasteiger partial charge in [-0.05, 0) is 13.1 Å². The molecule has 2 heteroatoms. The predicted molar refractivity (Wildman–Crippen MR) is 34.9 cm³/mol. The van der Waals surface area contributed by atoms with Crippen LogP contribution in [-0.4, -0.2) is 37.6 Å². The van der Waals surface area contributed by atoms with Gasteiger partial charge < -0.3 is 5.32 Å². The van der Waals surface area contributed by atoms with E-state index in [1.54, 1.807) is 0 Å². The van der Waals surface area contributed by atoms with Crippen molar-refractivity contribution < 1.29 is 0 Å². The normalized spacial score (nSPS) is 23.5. The van der Waals surface area contributed by atoms with Crippen LogP contribution in [0.25, 0.3) is 5.32 Å². The number of nitrogens with zero attached hydrogens (tertiary/aromatic N) is 2. The quantitative estimate of drug-likeness (QED) is 0.452. The largest absolute Gasteiger partial charge is 0.660 e. The van der Waals surface area contributed by atoms with Gasteiger partial charge in [0.2, 0.25) is 0 Å². The molecule has 0 atom stereocenters. The summed E-state index contributed by atoms with van der Waals surface area (Å²) in [6.45, 7) is 8.98. The summed E-state index contributed by atoms with van der Waals surface area (Å²) in [5.41, 5.74) is 0. The van der Waals surface area contributed by atoms with Gasteiger partial charge in [-0.1, -0.05) is 0 Å². The highest BCUT2D eigenvalue weighted by molar-refractivity contribution is 4.87. The van der Waals surface area contributed by atoms with E-state index in [2.05, 4.69) is 17.1 Å². The molecule has 0 bridgehead atoms. The summed E-state index contributed by atoms with van der Waals surface area (Å²) >= 11 is 0. The maximum Gasteiger partial charge on any atom is 0.138 e. The molecule has 1 aliphatic rings. The number of hydrogen-bond donors (Lipinski definition) is 0. The highest BCUT2D eigenvalue weighted by Gasteiger charge is 2.01. The van der Waals surface area contributed by atoms with Crippen LogP contribution in [0.4, 0.5) is 0 Å². The number of rotatable bonds is 1. The van der Waals surface area contributed by atoms with Crippen molar-refractivity contribution in [1.82, 2.24) is 4.90 Å². The van der Waals surface area contributed by atoms with Crippen LogP contribution in [0, 0.1) is 6.92 Å². The first-order valence-electron chi connectivity index (χ1n) is 3.08. The molecular weight excluding hydrogens is 100 g/mol. The molecule has 8 heavy (non-hydrogen) atoms. The van der Waals surface area contributed by atoms with E-state index in [9.17, 15) is 0 Å². The van der Waals surface area contributed by atoms with E-state index < -0.39 is 0 Å². The minimum atomic E-state index is 0.940. The first kappa shape index (κ1) is 5.92. The van der Waals surface area contributed by atoms with Gasteiger partial charge >= 0.3 is 0 Å². The Bertz CT molecular complexity index is 57.5. The van der Waals surface area contributed by atoms with E-state index in [0.29, 0.717) is 0 Å². The van der Waals surface area contributed by atoms with Crippen molar-refractivity contribution in [3.63, 3.8) is 0 Å². The van der Waals surface area contributed by atoms with Crippen LogP contribution in [0.15, 0.2) is 0 Å². The molecule has 0 N–H and O–H groups in total. The molecular formula is C6H12N2. The van der Waals surface area contributed by atoms with Gasteiger partial charge in [0.1, 0.15) is 6.54 Å². The molecule has 2 nitrogen and oxygen atoms in total. The average molecular weight is 112 g/mol. The summed E-state index contributed by atoms with van der Waals surface area (Å²) in [7, 11) is 0. The Morgan fingerprint density at radius 1 is 1.38 bits per heavy atom. The fourth-order valence-corrected chi connectivity index (χ4v) is 0.871. The topological polar surface area (TPSA) is 17.3 Å². The molecule has 1 fully saturated rings. The Labute approximate surface area is 50.9 Å². The summed E-state index contributed by atoms with van der Waals surface area (Å²) in [5.74, 6) is 0. The van der Waals surface area contributed by atoms with Crippen LogP contribution in [0.1, 0.15) is 0 Å². The smallest absolute Gasteiger partial charge is 0.138 e. The van der Waals surface area contributed by atoms with Crippen LogP contribution in [-0.2, 0) is 0 Å². The minimum Gasteiger partial charge on any atom is -0.660 e. The van der Waals surface area contributed by atoms with Gasteiger partial charge in [0.15, 0.2) is 0 Å². The van der Waals surface area contributed by atoms with Crippen molar-refractivity contribution >= 4 is 0 Å². The number of hydrogen-bond acceptors (Lipinski definition) is 1. The van der Waals surface area contributed by atoms with Crippen molar-refractivity contribution in [3.05, 3.63) is 12.2 Å². The summed E-state index contributed by atoms with van der Waals surface area (Å²) < 4.78 is 0. The molecule has 0 aromatic carbocycles. The maximum absolute atomic E-state index is 4.21. The van der Waals surface area contributed by atoms with Gasteiger partial charge in [0, 0.05) is 0 Å². The molecule has 0 aromatic heterocycles. The molecule has 1 aliphatic heterocycles. The van der Waals surface area contributed by atoms with Gasteiger partial charge in [0.25, 0.3) is 0 Å². The third-order valence-corrected chi connectivity index (χ3v) is 1.46. The second-order valence-corrected chi connectivity index (χ2v) is 2.01. The zero-order valence-electron chi connectivity index (χ0n) is 5.14. The van der Waals surface area contributed by atoms with Crippen molar-refractivity contribution in [2.45, 2.75) is 0 Å². The van der Waals surface area contributed by atoms with E-state index in [1.807, 2.05) is 0 Å². The predicted octanol–water partition coefficient (Wildman–Crippen LogP) is 0.510. The Kier molecular flexibility index (Phi) is 2.18. The lowest BCUT2D eigenvalue weighted by molar-refractivity contribution is 0.307. The summed E-state index contributed by atoms with van der Waals surface area (Å²) in [5, 5.41) is 4.21. The third-order valence-electron chi connectivity index (χ3n) is 1.46. The maximum atomic E-state index is 4.21. The van der Waals surface area contributed by atoms with E-state index in [-0.39, 0.29) is 0 Å². The molecule has 0 aliphatic carbocycles. The van der Waals surface area contributed by atoms with E-state index >= 15 is 0 Å². The lowest BCUT2D eigenvalue weighted by atomic mass is 10.4. The Morgan fingerprint density at radius 2 is 2.00 bits per heavy atom. The van der Waals surface area contributed by atoms with Crippen LogP contribution >= 0.6 is 0 Å². The molecule has 0 aromatic rings. The molecule has 1 saturated heterocycles. The Hall–Kier alpha value is -0.210. The first-order chi connectivity index (χ1) is 3.93. The van der Waals surface area contributed by atoms with Crippen LogP contribution in [0.3, 0.4) is 0 Å². The minimum absolute atomic E-state index is 0.940. The van der Waals surface area contributed by atoms with Crippen LogP contribution in [0.2, 0.25) is 0 Å². The van der Waals surface area contributed by atoms with Crippen molar-refractivity contribution in [1.29, 1.82) is 0 Å². The van der Waals surface area contributed by atoms with E-state index in [0.717, 1.165) is 32.7 Å². The highest BCUT2D eigenvalue weighted by Crippen LogP contribution is 1.98. The standard InChI is InChI=1S/C6H12N2/c1-2-8-5-3-7-4-6-8/h1-6H2. The van der Waals surface area contributed by atoms with Gasteiger partial charge in [-0.2, -0.15) is 0 Å². The average Bonchev–Trinajstić information content (AvgIpc) is 1.90. The van der Waals surface area contributed by atoms with Crippen molar-refractivity contribution in [2.75, 3.05) is 32.7 Å². The Balaban J connectivity index is 2.13. The summed E-state index contributed by atoms with van der Waals surface area (Å²) in [6, 6.07) is 0. The van der Waals surface area contributed by atoms with Crippen LogP contribution < -0.4 is 0 Å². The fraction of sp³-hybridized carbons (Fsp3) is 0.833. The van der Waals surface area contributed by atoms with Gasteiger partial charge in [0.05, 0.1) is 6.92 Å². The second kappa shape index (κ2) is 2.95.